The fraction of sp³-hybridized carbons (Fsp3) is 0.375. The van der Waals surface area contributed by atoms with Crippen LogP contribution in [0, 0.1) is 0 Å². The maximum Gasteiger partial charge on any atom is 0.573 e. The highest BCUT2D eigenvalue weighted by Crippen LogP contribution is 2.65. The number of halogens is 5. The van der Waals surface area contributed by atoms with E-state index in [9.17, 15) is 23.1 Å². The van der Waals surface area contributed by atoms with E-state index in [4.69, 9.17) is 16.3 Å². The van der Waals surface area contributed by atoms with Gasteiger partial charge >= 0.3 is 6.36 Å². The number of aromatic nitrogens is 3. The topological polar surface area (TPSA) is 98.5 Å². The first-order valence-electron chi connectivity index (χ1n) is 11.4. The number of alkyl halides is 3. The quantitative estimate of drug-likeness (QED) is 0.433. The summed E-state index contributed by atoms with van der Waals surface area (Å²) in [5.41, 5.74) is 1.10. The average molecular weight is 600 g/mol. The normalized spacial score (nSPS) is 27.8. The molecule has 2 bridgehead atoms. The number of amides is 1. The van der Waals surface area contributed by atoms with Gasteiger partial charge in [0.1, 0.15) is 11.5 Å². The zero-order valence-electron chi connectivity index (χ0n) is 18.9. The third-order valence-electron chi connectivity index (χ3n) is 7.14. The predicted octanol–water partition coefficient (Wildman–Crippen LogP) is 4.89. The molecule has 3 saturated carbocycles. The lowest BCUT2D eigenvalue weighted by Gasteiger charge is -2.70. The van der Waals surface area contributed by atoms with Crippen LogP contribution in [0.1, 0.15) is 37.4 Å². The van der Waals surface area contributed by atoms with Crippen LogP contribution in [0.2, 0.25) is 5.02 Å². The molecule has 3 heterocycles. The first kappa shape index (κ1) is 24.5. The number of carbonyl (C=O) groups is 1. The van der Waals surface area contributed by atoms with Crippen LogP contribution in [0.15, 0.2) is 47.3 Å². The van der Waals surface area contributed by atoms with Crippen LogP contribution in [-0.2, 0) is 10.3 Å². The van der Waals surface area contributed by atoms with Crippen LogP contribution < -0.4 is 14.8 Å². The number of aliphatic hydroxyl groups excluding tert-OH is 1. The summed E-state index contributed by atoms with van der Waals surface area (Å²) >= 11 is 9.44. The molecule has 0 spiro atoms. The van der Waals surface area contributed by atoms with E-state index in [1.807, 2.05) is 4.68 Å². The van der Waals surface area contributed by atoms with Gasteiger partial charge < -0.3 is 19.9 Å². The molecule has 4 aliphatic rings. The van der Waals surface area contributed by atoms with Crippen molar-refractivity contribution in [1.82, 2.24) is 20.1 Å². The molecular formula is C24H19BrClF3N4O4. The number of carbonyl (C=O) groups excluding carboxylic acids is 1. The Morgan fingerprint density at radius 3 is 2.70 bits per heavy atom. The number of hydrogen-bond acceptors (Lipinski definition) is 6. The number of nitrogens with zero attached hydrogens (tertiary/aromatic N) is 3. The third-order valence-corrected chi connectivity index (χ3v) is 8.33. The molecule has 1 aromatic carbocycles. The highest BCUT2D eigenvalue weighted by Gasteiger charge is 2.70. The number of fused-ring (bicyclic) bond motifs is 1. The molecule has 0 saturated heterocycles. The molecular weight excluding hydrogens is 581 g/mol. The summed E-state index contributed by atoms with van der Waals surface area (Å²) in [6.07, 6.45) is 0.143. The summed E-state index contributed by atoms with van der Waals surface area (Å²) in [5.74, 6) is -0.259. The Morgan fingerprint density at radius 2 is 2.03 bits per heavy atom. The molecule has 8 nitrogen and oxygen atoms in total. The standard InChI is InChI=1S/C24H19BrClF3N4O4/c25-15-4-19-14(3-16(15)26)18(34)5-20(36-19)21(35)32-22-9-23(10-22,11-22)33-8-12(6-31-33)17-2-1-13(7-30-17)37-24(27,28)29/h1-4,6-8,18,20,34H,5,9-11H2,(H,32,35)/t18-,20-,22?,23?/m1/s1. The molecule has 37 heavy (non-hydrogen) atoms. The smallest absolute Gasteiger partial charge is 0.480 e. The van der Waals surface area contributed by atoms with Gasteiger partial charge in [-0.1, -0.05) is 11.6 Å². The predicted molar refractivity (Wildman–Crippen MR) is 128 cm³/mol. The van der Waals surface area contributed by atoms with E-state index in [1.165, 1.54) is 12.1 Å². The van der Waals surface area contributed by atoms with Crippen LogP contribution in [0.4, 0.5) is 13.2 Å². The maximum atomic E-state index is 13.0. The average Bonchev–Trinajstić information content (AvgIpc) is 3.25. The Kier molecular flexibility index (Phi) is 5.52. The molecule has 13 heteroatoms. The van der Waals surface area contributed by atoms with E-state index in [1.54, 1.807) is 24.5 Å². The first-order valence-corrected chi connectivity index (χ1v) is 12.5. The molecule has 2 N–H and O–H groups in total. The highest BCUT2D eigenvalue weighted by molar-refractivity contribution is 9.10. The SMILES string of the molecule is O=C(NC12CC(n3cc(-c4ccc(OC(F)(F)F)cn4)cn3)(C1)C2)[C@H]1C[C@@H](O)c2cc(Cl)c(Br)cc2O1. The van der Waals surface area contributed by atoms with Gasteiger partial charge in [0.05, 0.1) is 34.8 Å². The van der Waals surface area contributed by atoms with E-state index in [2.05, 4.69) is 36.1 Å². The van der Waals surface area contributed by atoms with Crippen molar-refractivity contribution < 1.29 is 32.5 Å². The summed E-state index contributed by atoms with van der Waals surface area (Å²) in [6, 6.07) is 5.92. The van der Waals surface area contributed by atoms with Crippen molar-refractivity contribution in [3.05, 3.63) is 57.9 Å². The summed E-state index contributed by atoms with van der Waals surface area (Å²) in [7, 11) is 0. The summed E-state index contributed by atoms with van der Waals surface area (Å²) in [6.45, 7) is 0. The fourth-order valence-electron chi connectivity index (χ4n) is 5.51. The largest absolute Gasteiger partial charge is 0.573 e. The van der Waals surface area contributed by atoms with Gasteiger partial charge in [-0.05, 0) is 59.5 Å². The summed E-state index contributed by atoms with van der Waals surface area (Å²) in [4.78, 5) is 17.0. The number of benzene rings is 1. The lowest BCUT2D eigenvalue weighted by atomic mass is 9.44. The van der Waals surface area contributed by atoms with E-state index in [0.717, 1.165) is 6.20 Å². The second kappa shape index (κ2) is 8.34. The number of nitrogens with one attached hydrogen (secondary N) is 1. The lowest BCUT2D eigenvalue weighted by molar-refractivity contribution is -0.274. The van der Waals surface area contributed by atoms with Crippen molar-refractivity contribution in [2.45, 2.75) is 55.3 Å². The molecule has 3 aliphatic carbocycles. The second-order valence-corrected chi connectivity index (χ2v) is 11.0. The monoisotopic (exact) mass is 598 g/mol. The minimum Gasteiger partial charge on any atom is -0.480 e. The summed E-state index contributed by atoms with van der Waals surface area (Å²) < 4.78 is 49.2. The first-order chi connectivity index (χ1) is 17.4. The van der Waals surface area contributed by atoms with E-state index in [0.29, 0.717) is 51.3 Å². The van der Waals surface area contributed by atoms with Gasteiger partial charge in [0, 0.05) is 33.8 Å². The van der Waals surface area contributed by atoms with Crippen molar-refractivity contribution in [2.75, 3.05) is 0 Å². The number of rotatable bonds is 5. The number of ether oxygens (including phenoxy) is 2. The van der Waals surface area contributed by atoms with Crippen LogP contribution in [0.25, 0.3) is 11.3 Å². The van der Waals surface area contributed by atoms with Crippen LogP contribution in [-0.4, -0.2) is 43.8 Å². The molecule has 1 amide bonds. The molecule has 3 aromatic rings. The number of aliphatic hydroxyl groups is 1. The van der Waals surface area contributed by atoms with E-state index in [-0.39, 0.29) is 23.4 Å². The molecule has 3 fully saturated rings. The molecule has 1 aliphatic heterocycles. The van der Waals surface area contributed by atoms with Gasteiger partial charge in [0.2, 0.25) is 0 Å². The Labute approximate surface area is 221 Å². The number of hydrogen-bond donors (Lipinski definition) is 2. The van der Waals surface area contributed by atoms with Gasteiger partial charge in [-0.15, -0.1) is 13.2 Å². The van der Waals surface area contributed by atoms with Crippen molar-refractivity contribution >= 4 is 33.4 Å². The maximum absolute atomic E-state index is 13.0. The van der Waals surface area contributed by atoms with Crippen molar-refractivity contribution in [3.63, 3.8) is 0 Å². The molecule has 2 atom stereocenters. The molecule has 0 radical (unpaired) electrons. The lowest BCUT2D eigenvalue weighted by Crippen LogP contribution is -2.79. The fourth-order valence-corrected chi connectivity index (χ4v) is 6.00. The van der Waals surface area contributed by atoms with Gasteiger partial charge in [-0.3, -0.25) is 14.5 Å². The minimum atomic E-state index is -4.78. The highest BCUT2D eigenvalue weighted by atomic mass is 79.9. The Hall–Kier alpha value is -2.83. The zero-order valence-corrected chi connectivity index (χ0v) is 21.3. The van der Waals surface area contributed by atoms with Gasteiger partial charge in [-0.2, -0.15) is 5.10 Å². The van der Waals surface area contributed by atoms with Crippen LogP contribution in [0.3, 0.4) is 0 Å². The van der Waals surface area contributed by atoms with Gasteiger partial charge in [0.25, 0.3) is 5.91 Å². The Balaban J connectivity index is 1.08. The molecule has 7 rings (SSSR count). The van der Waals surface area contributed by atoms with Gasteiger partial charge in [-0.25, -0.2) is 0 Å². The third kappa shape index (κ3) is 4.34. The van der Waals surface area contributed by atoms with E-state index < -0.39 is 24.3 Å². The molecule has 194 valence electrons. The Bertz CT molecular complexity index is 1380. The van der Waals surface area contributed by atoms with E-state index >= 15 is 0 Å². The minimum absolute atomic E-state index is 0.125. The summed E-state index contributed by atoms with van der Waals surface area (Å²) in [5, 5.41) is 18.5. The van der Waals surface area contributed by atoms with Crippen molar-refractivity contribution in [3.8, 4) is 22.8 Å². The second-order valence-electron chi connectivity index (χ2n) is 9.79. The molecule has 0 unspecified atom stereocenters. The van der Waals surface area contributed by atoms with Crippen LogP contribution in [0.5, 0.6) is 11.5 Å². The van der Waals surface area contributed by atoms with Crippen molar-refractivity contribution in [1.29, 1.82) is 0 Å². The number of pyridine rings is 1. The Morgan fingerprint density at radius 1 is 1.27 bits per heavy atom. The van der Waals surface area contributed by atoms with Crippen LogP contribution >= 0.6 is 27.5 Å². The molecule has 2 aromatic heterocycles. The van der Waals surface area contributed by atoms with Gasteiger partial charge in [0.15, 0.2) is 6.10 Å². The zero-order chi connectivity index (χ0) is 26.2. The van der Waals surface area contributed by atoms with Crippen molar-refractivity contribution in [2.24, 2.45) is 0 Å².